The molecule has 90 valence electrons. The standard InChI is InChI=1S/C12H19ClN2O/c1-4-5-6-15-12(13)10(8-16)11(14-15)7-9(2)3/h8-9H,4-7H2,1-3H3. The molecule has 16 heavy (non-hydrogen) atoms. The zero-order valence-electron chi connectivity index (χ0n) is 10.2. The normalized spacial score (nSPS) is 11.1. The maximum atomic E-state index is 11.0. The lowest BCUT2D eigenvalue weighted by Gasteiger charge is -2.01. The summed E-state index contributed by atoms with van der Waals surface area (Å²) >= 11 is 6.12. The van der Waals surface area contributed by atoms with Gasteiger partial charge >= 0.3 is 0 Å². The Labute approximate surface area is 102 Å². The van der Waals surface area contributed by atoms with Gasteiger partial charge in [0, 0.05) is 6.54 Å². The number of nitrogens with zero attached hydrogens (tertiary/aromatic N) is 2. The zero-order valence-corrected chi connectivity index (χ0v) is 10.9. The van der Waals surface area contributed by atoms with Gasteiger partial charge in [0.1, 0.15) is 5.15 Å². The molecule has 1 rings (SSSR count). The number of unbranched alkanes of at least 4 members (excludes halogenated alkanes) is 1. The van der Waals surface area contributed by atoms with Crippen LogP contribution in [0.2, 0.25) is 5.15 Å². The molecule has 4 heteroatoms. The molecular weight excluding hydrogens is 224 g/mol. The van der Waals surface area contributed by atoms with Crippen molar-refractivity contribution >= 4 is 17.9 Å². The first-order chi connectivity index (χ1) is 7.60. The van der Waals surface area contributed by atoms with Crippen LogP contribution in [0.1, 0.15) is 49.7 Å². The van der Waals surface area contributed by atoms with Crippen LogP contribution in [0, 0.1) is 5.92 Å². The van der Waals surface area contributed by atoms with Crippen molar-refractivity contribution in [3.05, 3.63) is 16.4 Å². The second-order valence-electron chi connectivity index (χ2n) is 4.44. The molecule has 0 atom stereocenters. The maximum Gasteiger partial charge on any atom is 0.155 e. The smallest absolute Gasteiger partial charge is 0.155 e. The van der Waals surface area contributed by atoms with E-state index in [1.165, 1.54) is 0 Å². The molecule has 0 aliphatic rings. The van der Waals surface area contributed by atoms with Gasteiger partial charge in [-0.15, -0.1) is 0 Å². The van der Waals surface area contributed by atoms with Crippen molar-refractivity contribution in [3.63, 3.8) is 0 Å². The van der Waals surface area contributed by atoms with Crippen molar-refractivity contribution in [1.82, 2.24) is 9.78 Å². The Bertz CT molecular complexity index is 358. The molecule has 0 amide bonds. The summed E-state index contributed by atoms with van der Waals surface area (Å²) in [5.74, 6) is 0.476. The van der Waals surface area contributed by atoms with Crippen molar-refractivity contribution < 1.29 is 4.79 Å². The maximum absolute atomic E-state index is 11.0. The molecule has 0 radical (unpaired) electrons. The highest BCUT2D eigenvalue weighted by molar-refractivity contribution is 6.32. The van der Waals surface area contributed by atoms with Crippen molar-refractivity contribution in [1.29, 1.82) is 0 Å². The molecule has 3 nitrogen and oxygen atoms in total. The number of carbonyl (C=O) groups excluding carboxylic acids is 1. The van der Waals surface area contributed by atoms with Crippen LogP contribution in [0.5, 0.6) is 0 Å². The second kappa shape index (κ2) is 6.04. The molecule has 0 fully saturated rings. The third-order valence-corrected chi connectivity index (χ3v) is 2.84. The molecule has 0 aliphatic carbocycles. The third-order valence-electron chi connectivity index (χ3n) is 2.44. The first kappa shape index (κ1) is 13.2. The molecule has 0 spiro atoms. The Morgan fingerprint density at radius 2 is 2.19 bits per heavy atom. The van der Waals surface area contributed by atoms with Crippen LogP contribution in [0.15, 0.2) is 0 Å². The summed E-state index contributed by atoms with van der Waals surface area (Å²) < 4.78 is 1.74. The van der Waals surface area contributed by atoms with Crippen LogP contribution in [-0.2, 0) is 13.0 Å². The summed E-state index contributed by atoms with van der Waals surface area (Å²) in [6.07, 6.45) is 3.73. The van der Waals surface area contributed by atoms with Crippen LogP contribution in [0.3, 0.4) is 0 Å². The van der Waals surface area contributed by atoms with E-state index in [-0.39, 0.29) is 0 Å². The van der Waals surface area contributed by atoms with Gasteiger partial charge in [-0.2, -0.15) is 5.10 Å². The highest BCUT2D eigenvalue weighted by atomic mass is 35.5. The van der Waals surface area contributed by atoms with Gasteiger partial charge < -0.3 is 0 Å². The summed E-state index contributed by atoms with van der Waals surface area (Å²) in [5, 5.41) is 4.90. The Morgan fingerprint density at radius 3 is 2.69 bits per heavy atom. The van der Waals surface area contributed by atoms with E-state index in [9.17, 15) is 4.79 Å². The highest BCUT2D eigenvalue weighted by Crippen LogP contribution is 2.21. The summed E-state index contributed by atoms with van der Waals surface area (Å²) in [5.41, 5.74) is 1.39. The lowest BCUT2D eigenvalue weighted by atomic mass is 10.1. The Balaban J connectivity index is 2.95. The minimum Gasteiger partial charge on any atom is -0.298 e. The number of hydrogen-bond acceptors (Lipinski definition) is 2. The third kappa shape index (κ3) is 3.08. The van der Waals surface area contributed by atoms with Gasteiger partial charge in [-0.3, -0.25) is 9.48 Å². The van der Waals surface area contributed by atoms with Crippen molar-refractivity contribution in [2.75, 3.05) is 0 Å². The second-order valence-corrected chi connectivity index (χ2v) is 4.80. The predicted molar refractivity (Wildman–Crippen MR) is 66.1 cm³/mol. The van der Waals surface area contributed by atoms with E-state index < -0.39 is 0 Å². The predicted octanol–water partition coefficient (Wildman–Crippen LogP) is 3.35. The van der Waals surface area contributed by atoms with E-state index in [2.05, 4.69) is 25.9 Å². The van der Waals surface area contributed by atoms with Gasteiger partial charge in [-0.1, -0.05) is 38.8 Å². The fourth-order valence-corrected chi connectivity index (χ4v) is 1.89. The van der Waals surface area contributed by atoms with Crippen LogP contribution < -0.4 is 0 Å². The number of halogens is 1. The van der Waals surface area contributed by atoms with E-state index >= 15 is 0 Å². The molecule has 0 saturated heterocycles. The van der Waals surface area contributed by atoms with Gasteiger partial charge in [0.25, 0.3) is 0 Å². The largest absolute Gasteiger partial charge is 0.298 e. The SMILES string of the molecule is CCCCn1nc(CC(C)C)c(C=O)c1Cl. The zero-order chi connectivity index (χ0) is 12.1. The first-order valence-corrected chi connectivity index (χ1v) is 6.18. The van der Waals surface area contributed by atoms with Crippen LogP contribution in [0.4, 0.5) is 0 Å². The molecule has 0 saturated carbocycles. The van der Waals surface area contributed by atoms with Gasteiger partial charge in [-0.25, -0.2) is 0 Å². The number of aldehydes is 1. The lowest BCUT2D eigenvalue weighted by molar-refractivity contribution is 0.112. The van der Waals surface area contributed by atoms with E-state index in [1.807, 2.05) is 0 Å². The van der Waals surface area contributed by atoms with Crippen LogP contribution >= 0.6 is 11.6 Å². The summed E-state index contributed by atoms with van der Waals surface area (Å²) in [6.45, 7) is 7.11. The molecule has 1 heterocycles. The quantitative estimate of drug-likeness (QED) is 0.717. The molecule has 0 aromatic carbocycles. The van der Waals surface area contributed by atoms with E-state index in [1.54, 1.807) is 4.68 Å². The van der Waals surface area contributed by atoms with Gasteiger partial charge in [0.2, 0.25) is 0 Å². The summed E-state index contributed by atoms with van der Waals surface area (Å²) in [7, 11) is 0. The van der Waals surface area contributed by atoms with Crippen molar-refractivity contribution in [2.45, 2.75) is 46.6 Å². The molecule has 0 unspecified atom stereocenters. The number of carbonyl (C=O) groups is 1. The number of aromatic nitrogens is 2. The monoisotopic (exact) mass is 242 g/mol. The minimum absolute atomic E-state index is 0.476. The first-order valence-electron chi connectivity index (χ1n) is 5.80. The van der Waals surface area contributed by atoms with Crippen LogP contribution in [-0.4, -0.2) is 16.1 Å². The van der Waals surface area contributed by atoms with Gasteiger partial charge in [0.15, 0.2) is 6.29 Å². The minimum atomic E-state index is 0.476. The van der Waals surface area contributed by atoms with Gasteiger partial charge in [0.05, 0.1) is 11.3 Å². The topological polar surface area (TPSA) is 34.9 Å². The number of aryl methyl sites for hydroxylation is 1. The average Bonchev–Trinajstić information content (AvgIpc) is 2.51. The molecule has 0 N–H and O–H groups in total. The number of rotatable bonds is 6. The molecule has 0 aliphatic heterocycles. The fraction of sp³-hybridized carbons (Fsp3) is 0.667. The molecule has 0 bridgehead atoms. The number of hydrogen-bond donors (Lipinski definition) is 0. The Morgan fingerprint density at radius 1 is 1.50 bits per heavy atom. The Kier molecular flexibility index (Phi) is 5.00. The summed E-state index contributed by atoms with van der Waals surface area (Å²) in [4.78, 5) is 11.0. The molecule has 1 aromatic rings. The van der Waals surface area contributed by atoms with Gasteiger partial charge in [-0.05, 0) is 18.8 Å². The lowest BCUT2D eigenvalue weighted by Crippen LogP contribution is -2.02. The summed E-state index contributed by atoms with van der Waals surface area (Å²) in [6, 6.07) is 0. The Hall–Kier alpha value is -0.830. The van der Waals surface area contributed by atoms with E-state index in [0.29, 0.717) is 16.6 Å². The molecular formula is C12H19ClN2O. The molecule has 1 aromatic heterocycles. The average molecular weight is 243 g/mol. The van der Waals surface area contributed by atoms with E-state index in [0.717, 1.165) is 37.8 Å². The highest BCUT2D eigenvalue weighted by Gasteiger charge is 2.16. The fourth-order valence-electron chi connectivity index (χ4n) is 1.61. The van der Waals surface area contributed by atoms with Crippen LogP contribution in [0.25, 0.3) is 0 Å². The van der Waals surface area contributed by atoms with Crippen molar-refractivity contribution in [3.8, 4) is 0 Å². The van der Waals surface area contributed by atoms with Crippen molar-refractivity contribution in [2.24, 2.45) is 5.92 Å². The van der Waals surface area contributed by atoms with E-state index in [4.69, 9.17) is 11.6 Å².